The first-order valence-electron chi connectivity index (χ1n) is 10.4. The highest BCUT2D eigenvalue weighted by Crippen LogP contribution is 2.26. The number of aryl methyl sites for hydroxylation is 1. The van der Waals surface area contributed by atoms with Gasteiger partial charge in [0.25, 0.3) is 5.91 Å². The van der Waals surface area contributed by atoms with Gasteiger partial charge >= 0.3 is 0 Å². The van der Waals surface area contributed by atoms with Gasteiger partial charge in [-0.15, -0.1) is 0 Å². The molecular weight excluding hydrogens is 384 g/mol. The molecule has 0 radical (unpaired) electrons. The SMILES string of the molecule is C[C@H](C(=O)NCCCN1CCOCC1)N1Cc2ccc(-c3ccnn3C)nc2C1=O. The number of ether oxygens (including phenoxy) is 1. The smallest absolute Gasteiger partial charge is 0.273 e. The second-order valence-electron chi connectivity index (χ2n) is 7.75. The van der Waals surface area contributed by atoms with E-state index in [0.717, 1.165) is 50.5 Å². The maximum atomic E-state index is 12.9. The number of carbonyl (C=O) groups is 2. The molecule has 9 heteroatoms. The summed E-state index contributed by atoms with van der Waals surface area (Å²) >= 11 is 0. The first kappa shape index (κ1) is 20.5. The molecule has 2 aromatic heterocycles. The molecule has 0 unspecified atom stereocenters. The molecule has 0 saturated carbocycles. The number of amides is 2. The third kappa shape index (κ3) is 4.22. The molecule has 1 atom stereocenters. The Morgan fingerprint density at radius 1 is 1.27 bits per heavy atom. The van der Waals surface area contributed by atoms with E-state index in [1.54, 1.807) is 22.7 Å². The van der Waals surface area contributed by atoms with Crippen molar-refractivity contribution in [3.05, 3.63) is 35.7 Å². The molecule has 1 saturated heterocycles. The van der Waals surface area contributed by atoms with Gasteiger partial charge in [-0.1, -0.05) is 6.07 Å². The van der Waals surface area contributed by atoms with Crippen molar-refractivity contribution in [1.82, 2.24) is 29.9 Å². The summed E-state index contributed by atoms with van der Waals surface area (Å²) in [4.78, 5) is 34.0. The van der Waals surface area contributed by atoms with Gasteiger partial charge in [0, 0.05) is 45.0 Å². The largest absolute Gasteiger partial charge is 0.379 e. The van der Waals surface area contributed by atoms with Gasteiger partial charge in [-0.3, -0.25) is 19.2 Å². The van der Waals surface area contributed by atoms with E-state index in [9.17, 15) is 9.59 Å². The Hall–Kier alpha value is -2.78. The molecule has 4 rings (SSSR count). The summed E-state index contributed by atoms with van der Waals surface area (Å²) < 4.78 is 7.07. The molecule has 2 aliphatic rings. The molecule has 0 bridgehead atoms. The lowest BCUT2D eigenvalue weighted by molar-refractivity contribution is -0.125. The minimum Gasteiger partial charge on any atom is -0.379 e. The van der Waals surface area contributed by atoms with E-state index < -0.39 is 6.04 Å². The maximum absolute atomic E-state index is 12.9. The van der Waals surface area contributed by atoms with E-state index in [1.165, 1.54) is 0 Å². The minimum absolute atomic E-state index is 0.134. The van der Waals surface area contributed by atoms with Crippen LogP contribution in [-0.4, -0.2) is 81.8 Å². The van der Waals surface area contributed by atoms with Crippen LogP contribution in [0.25, 0.3) is 11.4 Å². The lowest BCUT2D eigenvalue weighted by atomic mass is 10.2. The van der Waals surface area contributed by atoms with Crippen molar-refractivity contribution in [3.8, 4) is 11.4 Å². The van der Waals surface area contributed by atoms with E-state index in [4.69, 9.17) is 4.74 Å². The average molecular weight is 412 g/mol. The van der Waals surface area contributed by atoms with Crippen LogP contribution in [0.2, 0.25) is 0 Å². The van der Waals surface area contributed by atoms with Crippen molar-refractivity contribution in [2.24, 2.45) is 7.05 Å². The second kappa shape index (κ2) is 8.93. The van der Waals surface area contributed by atoms with Gasteiger partial charge in [-0.2, -0.15) is 5.10 Å². The van der Waals surface area contributed by atoms with Gasteiger partial charge in [0.2, 0.25) is 5.91 Å². The molecule has 2 aromatic rings. The summed E-state index contributed by atoms with van der Waals surface area (Å²) in [5.41, 5.74) is 2.80. The Morgan fingerprint density at radius 3 is 2.80 bits per heavy atom. The molecule has 1 fully saturated rings. The van der Waals surface area contributed by atoms with Crippen LogP contribution in [0.4, 0.5) is 0 Å². The van der Waals surface area contributed by atoms with Gasteiger partial charge in [0.1, 0.15) is 11.7 Å². The fraction of sp³-hybridized carbons (Fsp3) is 0.524. The maximum Gasteiger partial charge on any atom is 0.273 e. The molecule has 160 valence electrons. The van der Waals surface area contributed by atoms with E-state index in [1.807, 2.05) is 25.2 Å². The summed E-state index contributed by atoms with van der Waals surface area (Å²) in [6.07, 6.45) is 2.58. The zero-order chi connectivity index (χ0) is 21.1. The third-order valence-electron chi connectivity index (χ3n) is 5.77. The lowest BCUT2D eigenvalue weighted by Gasteiger charge is -2.27. The summed E-state index contributed by atoms with van der Waals surface area (Å²) in [6, 6.07) is 5.12. The molecule has 1 N–H and O–H groups in total. The molecule has 9 nitrogen and oxygen atoms in total. The van der Waals surface area contributed by atoms with Crippen molar-refractivity contribution >= 4 is 11.8 Å². The monoisotopic (exact) mass is 412 g/mol. The predicted molar refractivity (Wildman–Crippen MR) is 111 cm³/mol. The van der Waals surface area contributed by atoms with E-state index in [2.05, 4.69) is 20.3 Å². The summed E-state index contributed by atoms with van der Waals surface area (Å²) in [6.45, 7) is 7.13. The number of carbonyl (C=O) groups excluding carboxylic acids is 2. The van der Waals surface area contributed by atoms with Gasteiger partial charge in [-0.05, 0) is 32.0 Å². The van der Waals surface area contributed by atoms with E-state index >= 15 is 0 Å². The van der Waals surface area contributed by atoms with Gasteiger partial charge < -0.3 is 15.0 Å². The van der Waals surface area contributed by atoms with E-state index in [-0.39, 0.29) is 11.8 Å². The van der Waals surface area contributed by atoms with Crippen LogP contribution in [0.3, 0.4) is 0 Å². The number of pyridine rings is 1. The number of nitrogens with zero attached hydrogens (tertiary/aromatic N) is 5. The standard InChI is InChI=1S/C21H28N6O3/c1-15(20(28)22-7-3-9-26-10-12-30-13-11-26)27-14-16-4-5-17(24-19(16)21(27)29)18-6-8-23-25(18)2/h4-6,8,15H,3,7,9-14H2,1-2H3,(H,22,28)/t15-/m1/s1. The number of fused-ring (bicyclic) bond motifs is 1. The topological polar surface area (TPSA) is 92.6 Å². The van der Waals surface area contributed by atoms with Crippen LogP contribution in [0.15, 0.2) is 24.4 Å². The van der Waals surface area contributed by atoms with Gasteiger partial charge in [0.05, 0.1) is 24.6 Å². The Balaban J connectivity index is 1.32. The zero-order valence-electron chi connectivity index (χ0n) is 17.5. The van der Waals surface area contributed by atoms with Crippen molar-refractivity contribution < 1.29 is 14.3 Å². The molecule has 0 aliphatic carbocycles. The van der Waals surface area contributed by atoms with Crippen LogP contribution in [0, 0.1) is 0 Å². The zero-order valence-corrected chi connectivity index (χ0v) is 17.5. The number of morpholine rings is 1. The van der Waals surface area contributed by atoms with Gasteiger partial charge in [-0.25, -0.2) is 4.98 Å². The van der Waals surface area contributed by atoms with Crippen LogP contribution in [0.1, 0.15) is 29.4 Å². The lowest BCUT2D eigenvalue weighted by Crippen LogP contribution is -2.46. The third-order valence-corrected chi connectivity index (χ3v) is 5.77. The highest BCUT2D eigenvalue weighted by Gasteiger charge is 2.35. The van der Waals surface area contributed by atoms with Crippen molar-refractivity contribution in [2.75, 3.05) is 39.4 Å². The molecule has 2 aliphatic heterocycles. The summed E-state index contributed by atoms with van der Waals surface area (Å²) in [7, 11) is 1.84. The highest BCUT2D eigenvalue weighted by atomic mass is 16.5. The normalized spacial score (nSPS) is 17.8. The minimum atomic E-state index is -0.546. The summed E-state index contributed by atoms with van der Waals surface area (Å²) in [5, 5.41) is 7.12. The number of rotatable bonds is 7. The Labute approximate surface area is 176 Å². The summed E-state index contributed by atoms with van der Waals surface area (Å²) in [5.74, 6) is -0.338. The van der Waals surface area contributed by atoms with E-state index in [0.29, 0.717) is 24.5 Å². The molecule has 0 spiro atoms. The second-order valence-corrected chi connectivity index (χ2v) is 7.75. The number of nitrogens with one attached hydrogen (secondary N) is 1. The van der Waals surface area contributed by atoms with Crippen molar-refractivity contribution in [3.63, 3.8) is 0 Å². The first-order chi connectivity index (χ1) is 14.5. The first-order valence-corrected chi connectivity index (χ1v) is 10.4. The molecule has 4 heterocycles. The number of hydrogen-bond donors (Lipinski definition) is 1. The molecule has 0 aromatic carbocycles. The van der Waals surface area contributed by atoms with Crippen LogP contribution < -0.4 is 5.32 Å². The molecular formula is C21H28N6O3. The van der Waals surface area contributed by atoms with Crippen molar-refractivity contribution in [2.45, 2.75) is 25.9 Å². The van der Waals surface area contributed by atoms with Crippen LogP contribution >= 0.6 is 0 Å². The fourth-order valence-electron chi connectivity index (χ4n) is 3.90. The predicted octanol–water partition coefficient (Wildman–Crippen LogP) is 0.665. The van der Waals surface area contributed by atoms with Crippen molar-refractivity contribution in [1.29, 1.82) is 0 Å². The average Bonchev–Trinajstić information content (AvgIpc) is 3.34. The fourth-order valence-corrected chi connectivity index (χ4v) is 3.90. The molecule has 2 amide bonds. The highest BCUT2D eigenvalue weighted by molar-refractivity contribution is 5.99. The quantitative estimate of drug-likeness (QED) is 0.672. The Kier molecular flexibility index (Phi) is 6.10. The Morgan fingerprint density at radius 2 is 2.07 bits per heavy atom. The Bertz CT molecular complexity index is 921. The number of aromatic nitrogens is 3. The van der Waals surface area contributed by atoms with Gasteiger partial charge in [0.15, 0.2) is 0 Å². The van der Waals surface area contributed by atoms with Crippen LogP contribution in [-0.2, 0) is 23.1 Å². The number of hydrogen-bond acceptors (Lipinski definition) is 6. The van der Waals surface area contributed by atoms with Crippen LogP contribution in [0.5, 0.6) is 0 Å². The molecule has 30 heavy (non-hydrogen) atoms.